The number of morpholine rings is 1. The molecule has 0 radical (unpaired) electrons. The van der Waals surface area contributed by atoms with E-state index in [2.05, 4.69) is 4.98 Å². The van der Waals surface area contributed by atoms with Crippen molar-refractivity contribution < 1.29 is 19.1 Å². The number of rotatable bonds is 1. The van der Waals surface area contributed by atoms with Crippen molar-refractivity contribution in [3.8, 4) is 6.07 Å². The minimum absolute atomic E-state index is 0.241. The van der Waals surface area contributed by atoms with Crippen molar-refractivity contribution in [1.82, 2.24) is 19.7 Å². The maximum absolute atomic E-state index is 12.6. The van der Waals surface area contributed by atoms with Crippen molar-refractivity contribution in [2.24, 2.45) is 0 Å². The van der Waals surface area contributed by atoms with Crippen LogP contribution in [0.3, 0.4) is 0 Å². The van der Waals surface area contributed by atoms with E-state index in [1.807, 2.05) is 6.07 Å². The van der Waals surface area contributed by atoms with Crippen molar-refractivity contribution in [2.75, 3.05) is 52.5 Å². The standard InChI is InChI=1S/C18H21N5O4/c1-13-14(12-19)2-3-15(20-13)16(24)21-4-6-22(7-5-21)17(25)18(26)23-8-10-27-11-9-23/h2-3H,4-11H2,1H3. The molecule has 2 saturated heterocycles. The molecule has 9 nitrogen and oxygen atoms in total. The number of nitriles is 1. The third-order valence-electron chi connectivity index (χ3n) is 4.76. The molecule has 0 aromatic carbocycles. The van der Waals surface area contributed by atoms with E-state index < -0.39 is 11.8 Å². The quantitative estimate of drug-likeness (QED) is 0.611. The molecular formula is C18H21N5O4. The largest absolute Gasteiger partial charge is 0.378 e. The zero-order valence-corrected chi connectivity index (χ0v) is 15.2. The monoisotopic (exact) mass is 371 g/mol. The van der Waals surface area contributed by atoms with Crippen LogP contribution in [0.15, 0.2) is 12.1 Å². The Bertz CT molecular complexity index is 789. The molecule has 0 spiro atoms. The summed E-state index contributed by atoms with van der Waals surface area (Å²) in [5, 5.41) is 8.96. The van der Waals surface area contributed by atoms with Gasteiger partial charge in [0.25, 0.3) is 5.91 Å². The lowest BCUT2D eigenvalue weighted by Gasteiger charge is -2.35. The van der Waals surface area contributed by atoms with E-state index in [1.54, 1.807) is 17.9 Å². The molecule has 27 heavy (non-hydrogen) atoms. The number of piperazine rings is 1. The molecule has 0 bridgehead atoms. The number of hydrogen-bond donors (Lipinski definition) is 0. The number of nitrogens with zero attached hydrogens (tertiary/aromatic N) is 5. The Balaban J connectivity index is 1.57. The predicted molar refractivity (Wildman–Crippen MR) is 93.6 cm³/mol. The first-order chi connectivity index (χ1) is 13.0. The van der Waals surface area contributed by atoms with Gasteiger partial charge in [-0.2, -0.15) is 5.26 Å². The number of pyridine rings is 1. The summed E-state index contributed by atoms with van der Waals surface area (Å²) in [6, 6.07) is 5.14. The van der Waals surface area contributed by atoms with Crippen LogP contribution in [-0.4, -0.2) is 89.9 Å². The van der Waals surface area contributed by atoms with Crippen LogP contribution in [0, 0.1) is 18.3 Å². The van der Waals surface area contributed by atoms with Crippen LogP contribution in [0.5, 0.6) is 0 Å². The smallest absolute Gasteiger partial charge is 0.312 e. The molecular weight excluding hydrogens is 350 g/mol. The van der Waals surface area contributed by atoms with Crippen molar-refractivity contribution >= 4 is 17.7 Å². The highest BCUT2D eigenvalue weighted by atomic mass is 16.5. The maximum Gasteiger partial charge on any atom is 0.312 e. The molecule has 3 amide bonds. The van der Waals surface area contributed by atoms with E-state index in [4.69, 9.17) is 10.00 Å². The number of aryl methyl sites for hydroxylation is 1. The van der Waals surface area contributed by atoms with E-state index >= 15 is 0 Å². The second-order valence-corrected chi connectivity index (χ2v) is 6.43. The highest BCUT2D eigenvalue weighted by molar-refractivity contribution is 6.34. The zero-order valence-electron chi connectivity index (χ0n) is 15.2. The normalized spacial score (nSPS) is 17.4. The Labute approximate surface area is 157 Å². The molecule has 0 atom stereocenters. The SMILES string of the molecule is Cc1nc(C(=O)N2CCN(C(=O)C(=O)N3CCOCC3)CC2)ccc1C#N. The minimum atomic E-state index is -0.531. The van der Waals surface area contributed by atoms with Crippen LogP contribution in [0.1, 0.15) is 21.7 Å². The first kappa shape index (κ1) is 18.8. The summed E-state index contributed by atoms with van der Waals surface area (Å²) < 4.78 is 5.19. The Morgan fingerprint density at radius 2 is 1.52 bits per heavy atom. The highest BCUT2D eigenvalue weighted by Gasteiger charge is 2.31. The van der Waals surface area contributed by atoms with E-state index in [9.17, 15) is 14.4 Å². The third-order valence-corrected chi connectivity index (χ3v) is 4.76. The molecule has 1 aromatic heterocycles. The van der Waals surface area contributed by atoms with Crippen molar-refractivity contribution in [3.05, 3.63) is 29.1 Å². The van der Waals surface area contributed by atoms with E-state index in [1.165, 1.54) is 15.9 Å². The number of aromatic nitrogens is 1. The van der Waals surface area contributed by atoms with Crippen LogP contribution < -0.4 is 0 Å². The van der Waals surface area contributed by atoms with Crippen LogP contribution >= 0.6 is 0 Å². The van der Waals surface area contributed by atoms with E-state index in [0.29, 0.717) is 63.7 Å². The average Bonchev–Trinajstić information content (AvgIpc) is 2.73. The van der Waals surface area contributed by atoms with E-state index in [-0.39, 0.29) is 11.6 Å². The Kier molecular flexibility index (Phi) is 5.66. The number of ether oxygens (including phenoxy) is 1. The number of carbonyl (C=O) groups excluding carboxylic acids is 3. The van der Waals surface area contributed by atoms with Gasteiger partial charge in [-0.05, 0) is 19.1 Å². The maximum atomic E-state index is 12.6. The van der Waals surface area contributed by atoms with Gasteiger partial charge in [-0.15, -0.1) is 0 Å². The van der Waals surface area contributed by atoms with Gasteiger partial charge >= 0.3 is 11.8 Å². The van der Waals surface area contributed by atoms with Gasteiger partial charge in [-0.25, -0.2) is 4.98 Å². The molecule has 1 aromatic rings. The molecule has 0 saturated carbocycles. The number of amides is 3. The van der Waals surface area contributed by atoms with Gasteiger partial charge < -0.3 is 19.4 Å². The summed E-state index contributed by atoms with van der Waals surface area (Å²) >= 11 is 0. The van der Waals surface area contributed by atoms with Crippen molar-refractivity contribution in [2.45, 2.75) is 6.92 Å². The first-order valence-corrected chi connectivity index (χ1v) is 8.84. The van der Waals surface area contributed by atoms with Crippen molar-refractivity contribution in [3.63, 3.8) is 0 Å². The van der Waals surface area contributed by atoms with Gasteiger partial charge in [0.1, 0.15) is 11.8 Å². The first-order valence-electron chi connectivity index (χ1n) is 8.84. The number of hydrogen-bond acceptors (Lipinski definition) is 6. The van der Waals surface area contributed by atoms with Gasteiger partial charge in [0, 0.05) is 39.3 Å². The van der Waals surface area contributed by atoms with Crippen molar-refractivity contribution in [1.29, 1.82) is 5.26 Å². The fourth-order valence-corrected chi connectivity index (χ4v) is 3.11. The molecule has 2 fully saturated rings. The van der Waals surface area contributed by atoms with Gasteiger partial charge in [0.2, 0.25) is 0 Å². The number of carbonyl (C=O) groups is 3. The van der Waals surface area contributed by atoms with Crippen LogP contribution in [0.4, 0.5) is 0 Å². The van der Waals surface area contributed by atoms with Gasteiger partial charge in [-0.3, -0.25) is 14.4 Å². The lowest BCUT2D eigenvalue weighted by Crippen LogP contribution is -2.55. The molecule has 2 aliphatic rings. The topological polar surface area (TPSA) is 107 Å². The average molecular weight is 371 g/mol. The lowest BCUT2D eigenvalue weighted by molar-refractivity contribution is -0.154. The van der Waals surface area contributed by atoms with Crippen LogP contribution in [0.25, 0.3) is 0 Å². The zero-order chi connectivity index (χ0) is 19.4. The summed E-state index contributed by atoms with van der Waals surface area (Å²) in [4.78, 5) is 46.1. The Morgan fingerprint density at radius 1 is 0.963 bits per heavy atom. The van der Waals surface area contributed by atoms with E-state index in [0.717, 1.165) is 0 Å². The summed E-state index contributed by atoms with van der Waals surface area (Å²) in [7, 11) is 0. The Hall–Kier alpha value is -2.99. The summed E-state index contributed by atoms with van der Waals surface area (Å²) in [5.74, 6) is -1.28. The molecule has 142 valence electrons. The molecule has 9 heteroatoms. The van der Waals surface area contributed by atoms with Crippen LogP contribution in [0.2, 0.25) is 0 Å². The molecule has 2 aliphatic heterocycles. The second-order valence-electron chi connectivity index (χ2n) is 6.43. The molecule has 0 unspecified atom stereocenters. The van der Waals surface area contributed by atoms with Gasteiger partial charge in [-0.1, -0.05) is 0 Å². The summed E-state index contributed by atoms with van der Waals surface area (Å²) in [6.45, 7) is 4.69. The molecule has 3 heterocycles. The molecule has 3 rings (SSSR count). The van der Waals surface area contributed by atoms with Gasteiger partial charge in [0.15, 0.2) is 0 Å². The predicted octanol–water partition coefficient (Wildman–Crippen LogP) is -0.595. The lowest BCUT2D eigenvalue weighted by atomic mass is 10.2. The fourth-order valence-electron chi connectivity index (χ4n) is 3.11. The summed E-state index contributed by atoms with van der Waals surface area (Å²) in [6.07, 6.45) is 0. The third kappa shape index (κ3) is 4.06. The second kappa shape index (κ2) is 8.14. The van der Waals surface area contributed by atoms with Gasteiger partial charge in [0.05, 0.1) is 24.5 Å². The summed E-state index contributed by atoms with van der Waals surface area (Å²) in [5.41, 5.74) is 1.22. The minimum Gasteiger partial charge on any atom is -0.378 e. The molecule has 0 aliphatic carbocycles. The Morgan fingerprint density at radius 3 is 2.07 bits per heavy atom. The fraction of sp³-hybridized carbons (Fsp3) is 0.500. The highest BCUT2D eigenvalue weighted by Crippen LogP contribution is 2.11. The van der Waals surface area contributed by atoms with Crippen LogP contribution in [-0.2, 0) is 14.3 Å². The molecule has 0 N–H and O–H groups in total.